The van der Waals surface area contributed by atoms with Crippen molar-refractivity contribution >= 4 is 16.9 Å². The molecule has 1 heterocycles. The van der Waals surface area contributed by atoms with Gasteiger partial charge in [0.1, 0.15) is 5.76 Å². The van der Waals surface area contributed by atoms with Crippen molar-refractivity contribution in [3.05, 3.63) is 36.1 Å². The minimum atomic E-state index is -0.577. The lowest BCUT2D eigenvalue weighted by Crippen LogP contribution is -2.16. The van der Waals surface area contributed by atoms with Crippen molar-refractivity contribution in [2.45, 2.75) is 37.9 Å². The molecule has 0 aromatic rings. The third kappa shape index (κ3) is 3.56. The molecular formula is C13H18O2S. The number of hydrogen-bond acceptors (Lipinski definition) is 3. The molecule has 1 N–H and O–H groups in total. The van der Waals surface area contributed by atoms with E-state index in [4.69, 9.17) is 0 Å². The Balaban J connectivity index is 2.48. The maximum Gasteiger partial charge on any atom is 0.216 e. The van der Waals surface area contributed by atoms with Crippen LogP contribution in [0.25, 0.3) is 0 Å². The predicted molar refractivity (Wildman–Crippen MR) is 69.5 cm³/mol. The smallest absolute Gasteiger partial charge is 0.216 e. The van der Waals surface area contributed by atoms with E-state index in [2.05, 4.69) is 13.0 Å². The first-order valence-electron chi connectivity index (χ1n) is 5.57. The standard InChI is InChI=1S/C13H18O2S/c1-3-4-5-6-7-8-9-13(2)11(14)10-12(15)16-13/h6-10,14H,3-5H2,1-2H3. The third-order valence-electron chi connectivity index (χ3n) is 2.46. The molecule has 2 nitrogen and oxygen atoms in total. The monoisotopic (exact) mass is 238 g/mol. The van der Waals surface area contributed by atoms with Crippen LogP contribution in [0.2, 0.25) is 0 Å². The Hall–Kier alpha value is -0.960. The van der Waals surface area contributed by atoms with Crippen molar-refractivity contribution < 1.29 is 9.90 Å². The fourth-order valence-electron chi connectivity index (χ4n) is 1.40. The van der Waals surface area contributed by atoms with Gasteiger partial charge in [0.05, 0.1) is 4.75 Å². The molecule has 3 heteroatoms. The highest BCUT2D eigenvalue weighted by molar-refractivity contribution is 8.15. The van der Waals surface area contributed by atoms with E-state index in [1.54, 1.807) is 0 Å². The zero-order valence-corrected chi connectivity index (χ0v) is 10.6. The van der Waals surface area contributed by atoms with Gasteiger partial charge in [-0.25, -0.2) is 0 Å². The van der Waals surface area contributed by atoms with Crippen molar-refractivity contribution in [3.63, 3.8) is 0 Å². The number of aliphatic hydroxyl groups is 1. The zero-order valence-electron chi connectivity index (χ0n) is 9.77. The van der Waals surface area contributed by atoms with Crippen molar-refractivity contribution in [1.29, 1.82) is 0 Å². The number of carbonyl (C=O) groups excluding carboxylic acids is 1. The van der Waals surface area contributed by atoms with Crippen LogP contribution in [-0.4, -0.2) is 15.0 Å². The molecule has 0 radical (unpaired) electrons. The first-order valence-corrected chi connectivity index (χ1v) is 6.38. The van der Waals surface area contributed by atoms with Crippen molar-refractivity contribution in [3.8, 4) is 0 Å². The van der Waals surface area contributed by atoms with E-state index < -0.39 is 4.75 Å². The van der Waals surface area contributed by atoms with E-state index in [1.807, 2.05) is 25.2 Å². The Bertz CT molecular complexity index is 342. The molecule has 88 valence electrons. The fraction of sp³-hybridized carbons (Fsp3) is 0.462. The Kier molecular flexibility index (Phi) is 4.87. The number of hydrogen-bond donors (Lipinski definition) is 1. The van der Waals surface area contributed by atoms with Crippen LogP contribution in [0.1, 0.15) is 33.1 Å². The van der Waals surface area contributed by atoms with Gasteiger partial charge in [-0.2, -0.15) is 0 Å². The minimum absolute atomic E-state index is 0.0837. The Labute approximate surface area is 101 Å². The van der Waals surface area contributed by atoms with Crippen LogP contribution in [0.3, 0.4) is 0 Å². The highest BCUT2D eigenvalue weighted by Crippen LogP contribution is 2.39. The highest BCUT2D eigenvalue weighted by Gasteiger charge is 2.35. The molecule has 0 amide bonds. The summed E-state index contributed by atoms with van der Waals surface area (Å²) in [5, 5.41) is 9.52. The van der Waals surface area contributed by atoms with Crippen molar-refractivity contribution in [2.24, 2.45) is 0 Å². The van der Waals surface area contributed by atoms with Crippen LogP contribution in [0.15, 0.2) is 36.1 Å². The topological polar surface area (TPSA) is 37.3 Å². The summed E-state index contributed by atoms with van der Waals surface area (Å²) in [6.45, 7) is 4.00. The molecule has 0 fully saturated rings. The third-order valence-corrected chi connectivity index (χ3v) is 3.55. The summed E-state index contributed by atoms with van der Waals surface area (Å²) >= 11 is 1.14. The van der Waals surface area contributed by atoms with Gasteiger partial charge in [0.25, 0.3) is 0 Å². The van der Waals surface area contributed by atoms with Gasteiger partial charge in [-0.05, 0) is 13.3 Å². The maximum atomic E-state index is 11.1. The van der Waals surface area contributed by atoms with Gasteiger partial charge in [-0.1, -0.05) is 55.8 Å². The zero-order chi connectivity index (χ0) is 12.0. The second kappa shape index (κ2) is 5.94. The van der Waals surface area contributed by atoms with Gasteiger partial charge in [0, 0.05) is 6.08 Å². The largest absolute Gasteiger partial charge is 0.510 e. The second-order valence-electron chi connectivity index (χ2n) is 3.99. The lowest BCUT2D eigenvalue weighted by molar-refractivity contribution is -0.106. The Morgan fingerprint density at radius 2 is 2.25 bits per heavy atom. The van der Waals surface area contributed by atoms with Gasteiger partial charge in [0.15, 0.2) is 0 Å². The van der Waals surface area contributed by atoms with E-state index in [0.29, 0.717) is 0 Å². The molecule has 0 saturated heterocycles. The molecule has 1 rings (SSSR count). The van der Waals surface area contributed by atoms with Crippen molar-refractivity contribution in [1.82, 2.24) is 0 Å². The molecule has 0 aromatic carbocycles. The summed E-state index contributed by atoms with van der Waals surface area (Å²) in [5.74, 6) is 0.140. The van der Waals surface area contributed by atoms with Crippen LogP contribution in [0, 0.1) is 0 Å². The van der Waals surface area contributed by atoms with E-state index in [0.717, 1.165) is 18.2 Å². The van der Waals surface area contributed by atoms with Crippen LogP contribution in [-0.2, 0) is 4.79 Å². The number of unbranched alkanes of at least 4 members (excludes halogenated alkanes) is 2. The molecule has 16 heavy (non-hydrogen) atoms. The lowest BCUT2D eigenvalue weighted by Gasteiger charge is -2.16. The summed E-state index contributed by atoms with van der Waals surface area (Å²) in [5.41, 5.74) is 0. The molecule has 1 atom stereocenters. The molecule has 0 saturated carbocycles. The van der Waals surface area contributed by atoms with E-state index in [9.17, 15) is 9.90 Å². The van der Waals surface area contributed by atoms with Crippen LogP contribution in [0.4, 0.5) is 0 Å². The summed E-state index contributed by atoms with van der Waals surface area (Å²) in [6, 6.07) is 0. The van der Waals surface area contributed by atoms with Crippen LogP contribution < -0.4 is 0 Å². The first kappa shape index (κ1) is 13.1. The second-order valence-corrected chi connectivity index (χ2v) is 5.44. The number of carbonyl (C=O) groups is 1. The van der Waals surface area contributed by atoms with Gasteiger partial charge in [0.2, 0.25) is 5.12 Å². The molecule has 0 spiro atoms. The highest BCUT2D eigenvalue weighted by atomic mass is 32.2. The summed E-state index contributed by atoms with van der Waals surface area (Å²) in [6.07, 6.45) is 12.6. The van der Waals surface area contributed by atoms with E-state index >= 15 is 0 Å². The van der Waals surface area contributed by atoms with Gasteiger partial charge in [-0.15, -0.1) is 0 Å². The summed E-state index contributed by atoms with van der Waals surface area (Å²) in [4.78, 5) is 11.1. The molecule has 1 aliphatic heterocycles. The molecule has 1 aliphatic rings. The summed E-state index contributed by atoms with van der Waals surface area (Å²) in [7, 11) is 0. The number of rotatable bonds is 5. The van der Waals surface area contributed by atoms with Gasteiger partial charge in [-0.3, -0.25) is 4.79 Å². The van der Waals surface area contributed by atoms with Crippen LogP contribution >= 0.6 is 11.8 Å². The fourth-order valence-corrected chi connectivity index (χ4v) is 2.30. The normalized spacial score (nSPS) is 25.9. The Morgan fingerprint density at radius 3 is 2.81 bits per heavy atom. The summed E-state index contributed by atoms with van der Waals surface area (Å²) < 4.78 is -0.577. The number of aliphatic hydroxyl groups excluding tert-OH is 1. The number of allylic oxidation sites excluding steroid dienone is 3. The van der Waals surface area contributed by atoms with E-state index in [1.165, 1.54) is 18.9 Å². The predicted octanol–water partition coefficient (Wildman–Crippen LogP) is 3.76. The maximum absolute atomic E-state index is 11.1. The molecular weight excluding hydrogens is 220 g/mol. The molecule has 0 bridgehead atoms. The minimum Gasteiger partial charge on any atom is -0.510 e. The SMILES string of the molecule is CCCCC=CC=CC1(C)SC(=O)C=C1O. The molecule has 1 unspecified atom stereocenters. The average molecular weight is 238 g/mol. The molecule has 0 aromatic heterocycles. The quantitative estimate of drug-likeness (QED) is 0.585. The van der Waals surface area contributed by atoms with Gasteiger partial charge >= 0.3 is 0 Å². The van der Waals surface area contributed by atoms with Crippen LogP contribution in [0.5, 0.6) is 0 Å². The average Bonchev–Trinajstić information content (AvgIpc) is 2.47. The lowest BCUT2D eigenvalue weighted by atomic mass is 10.1. The van der Waals surface area contributed by atoms with Gasteiger partial charge < -0.3 is 5.11 Å². The number of thioether (sulfide) groups is 1. The van der Waals surface area contributed by atoms with Crippen molar-refractivity contribution in [2.75, 3.05) is 0 Å². The first-order chi connectivity index (χ1) is 7.58. The van der Waals surface area contributed by atoms with E-state index in [-0.39, 0.29) is 10.9 Å². The Morgan fingerprint density at radius 1 is 1.50 bits per heavy atom. The molecule has 0 aliphatic carbocycles.